The SMILES string of the molecule is Cc1sc2c(c1C)C(c1ccc(Cl)cc1)=N[C@@H](CC(=O)NCCCC(=O)Nc1ccc(C(N)=O)c(C#CCN)c1)c1nnc(C)n1-2. The number of aromatic nitrogens is 3. The Hall–Kier alpha value is -4.83. The number of halogens is 1. The summed E-state index contributed by atoms with van der Waals surface area (Å²) in [6.45, 7) is 6.45. The molecule has 4 aromatic rings. The van der Waals surface area contributed by atoms with Crippen LogP contribution in [0.1, 0.15) is 74.4 Å². The van der Waals surface area contributed by atoms with E-state index in [1.807, 2.05) is 35.8 Å². The van der Waals surface area contributed by atoms with Gasteiger partial charge in [-0.3, -0.25) is 23.9 Å². The first kappa shape index (κ1) is 32.6. The maximum absolute atomic E-state index is 13.2. The smallest absolute Gasteiger partial charge is 0.249 e. The first-order valence-corrected chi connectivity index (χ1v) is 15.8. The van der Waals surface area contributed by atoms with E-state index in [0.717, 1.165) is 32.3 Å². The number of carbonyl (C=O) groups excluding carboxylic acids is 3. The van der Waals surface area contributed by atoms with Gasteiger partial charge in [0.2, 0.25) is 17.7 Å². The first-order chi connectivity index (χ1) is 22.1. The molecule has 0 radical (unpaired) electrons. The molecule has 0 spiro atoms. The van der Waals surface area contributed by atoms with Gasteiger partial charge in [0.1, 0.15) is 16.9 Å². The van der Waals surface area contributed by atoms with Crippen molar-refractivity contribution < 1.29 is 14.4 Å². The number of aliphatic imine (C=N–C) groups is 1. The molecule has 0 fully saturated rings. The van der Waals surface area contributed by atoms with Gasteiger partial charge in [-0.1, -0.05) is 35.6 Å². The lowest BCUT2D eigenvalue weighted by Gasteiger charge is -2.13. The second-order valence-corrected chi connectivity index (χ2v) is 12.4. The van der Waals surface area contributed by atoms with Crippen LogP contribution in [0, 0.1) is 32.6 Å². The molecule has 46 heavy (non-hydrogen) atoms. The van der Waals surface area contributed by atoms with E-state index in [9.17, 15) is 14.4 Å². The molecule has 11 nitrogen and oxygen atoms in total. The monoisotopic (exact) mass is 656 g/mol. The number of nitrogens with one attached hydrogen (secondary N) is 2. The lowest BCUT2D eigenvalue weighted by molar-refractivity contribution is -0.122. The third kappa shape index (κ3) is 7.02. The van der Waals surface area contributed by atoms with Crippen LogP contribution < -0.4 is 22.1 Å². The van der Waals surface area contributed by atoms with Gasteiger partial charge >= 0.3 is 0 Å². The lowest BCUT2D eigenvalue weighted by Crippen LogP contribution is -2.27. The Bertz CT molecular complexity index is 1920. The number of hydrogen-bond donors (Lipinski definition) is 4. The second kappa shape index (κ2) is 14.1. The van der Waals surface area contributed by atoms with Crippen LogP contribution in [0.2, 0.25) is 5.02 Å². The molecule has 3 heterocycles. The summed E-state index contributed by atoms with van der Waals surface area (Å²) in [5.41, 5.74) is 15.7. The predicted octanol–water partition coefficient (Wildman–Crippen LogP) is 4.13. The van der Waals surface area contributed by atoms with Crippen molar-refractivity contribution in [1.82, 2.24) is 20.1 Å². The van der Waals surface area contributed by atoms with E-state index in [1.54, 1.807) is 23.5 Å². The van der Waals surface area contributed by atoms with Gasteiger partial charge in [0.05, 0.1) is 24.2 Å². The Kier molecular flexibility index (Phi) is 9.96. The van der Waals surface area contributed by atoms with E-state index in [2.05, 4.69) is 46.5 Å². The average Bonchev–Trinajstić information content (AvgIpc) is 3.50. The number of nitrogens with zero attached hydrogens (tertiary/aromatic N) is 4. The van der Waals surface area contributed by atoms with Gasteiger partial charge in [-0.15, -0.1) is 21.5 Å². The number of amides is 3. The summed E-state index contributed by atoms with van der Waals surface area (Å²) in [5.74, 6) is 5.70. The molecule has 5 rings (SSSR count). The lowest BCUT2D eigenvalue weighted by atomic mass is 9.99. The predicted molar refractivity (Wildman–Crippen MR) is 180 cm³/mol. The van der Waals surface area contributed by atoms with Gasteiger partial charge in [0.15, 0.2) is 5.82 Å². The van der Waals surface area contributed by atoms with Gasteiger partial charge < -0.3 is 22.1 Å². The minimum absolute atomic E-state index is 0.0488. The largest absolute Gasteiger partial charge is 0.366 e. The molecular weight excluding hydrogens is 624 g/mol. The van der Waals surface area contributed by atoms with Gasteiger partial charge in [-0.25, -0.2) is 0 Å². The van der Waals surface area contributed by atoms with E-state index in [0.29, 0.717) is 34.3 Å². The van der Waals surface area contributed by atoms with Crippen molar-refractivity contribution in [3.05, 3.63) is 91.8 Å². The maximum Gasteiger partial charge on any atom is 0.249 e. The number of nitrogens with two attached hydrogens (primary N) is 2. The third-order valence-corrected chi connectivity index (χ3v) is 8.98. The second-order valence-electron chi connectivity index (χ2n) is 10.7. The Morgan fingerprint density at radius 3 is 2.54 bits per heavy atom. The Balaban J connectivity index is 1.26. The summed E-state index contributed by atoms with van der Waals surface area (Å²) >= 11 is 7.83. The molecule has 0 aliphatic carbocycles. The van der Waals surface area contributed by atoms with E-state index >= 15 is 0 Å². The molecule has 2 aromatic carbocycles. The minimum Gasteiger partial charge on any atom is -0.366 e. The number of carbonyl (C=O) groups is 3. The molecule has 1 atom stereocenters. The minimum atomic E-state index is -0.623. The molecule has 0 bridgehead atoms. The maximum atomic E-state index is 13.2. The summed E-state index contributed by atoms with van der Waals surface area (Å²) in [7, 11) is 0. The molecule has 236 valence electrons. The summed E-state index contributed by atoms with van der Waals surface area (Å²) < 4.78 is 2.00. The van der Waals surface area contributed by atoms with E-state index in [4.69, 9.17) is 28.1 Å². The summed E-state index contributed by atoms with van der Waals surface area (Å²) in [4.78, 5) is 43.8. The number of aryl methyl sites for hydroxylation is 2. The molecule has 0 unspecified atom stereocenters. The van der Waals surface area contributed by atoms with Crippen molar-refractivity contribution in [2.75, 3.05) is 18.4 Å². The topological polar surface area (TPSA) is 170 Å². The molecule has 2 aromatic heterocycles. The molecule has 1 aliphatic rings. The molecule has 1 aliphatic heterocycles. The van der Waals surface area contributed by atoms with Gasteiger partial charge in [0, 0.05) is 45.2 Å². The van der Waals surface area contributed by atoms with Crippen LogP contribution in [0.3, 0.4) is 0 Å². The van der Waals surface area contributed by atoms with Gasteiger partial charge in [-0.2, -0.15) is 0 Å². The summed E-state index contributed by atoms with van der Waals surface area (Å²) in [5, 5.41) is 16.1. The first-order valence-electron chi connectivity index (χ1n) is 14.6. The highest BCUT2D eigenvalue weighted by Gasteiger charge is 2.32. The van der Waals surface area contributed by atoms with Crippen LogP contribution in [0.15, 0.2) is 47.5 Å². The van der Waals surface area contributed by atoms with Crippen LogP contribution in [0.4, 0.5) is 5.69 Å². The average molecular weight is 657 g/mol. The molecule has 0 saturated heterocycles. The van der Waals surface area contributed by atoms with E-state index in [1.165, 1.54) is 6.07 Å². The van der Waals surface area contributed by atoms with Crippen LogP contribution in [0.5, 0.6) is 0 Å². The van der Waals surface area contributed by atoms with Gasteiger partial charge in [0.25, 0.3) is 0 Å². The summed E-state index contributed by atoms with van der Waals surface area (Å²) in [6, 6.07) is 11.6. The van der Waals surface area contributed by atoms with E-state index in [-0.39, 0.29) is 43.3 Å². The van der Waals surface area contributed by atoms with Crippen molar-refractivity contribution in [2.45, 2.75) is 46.1 Å². The Morgan fingerprint density at radius 2 is 1.83 bits per heavy atom. The zero-order valence-electron chi connectivity index (χ0n) is 25.6. The highest BCUT2D eigenvalue weighted by molar-refractivity contribution is 7.15. The van der Waals surface area contributed by atoms with Crippen LogP contribution in [-0.4, -0.2) is 51.3 Å². The number of primary amides is 1. The Morgan fingerprint density at radius 1 is 1.07 bits per heavy atom. The fourth-order valence-corrected chi connectivity index (χ4v) is 6.51. The van der Waals surface area contributed by atoms with Crippen molar-refractivity contribution in [1.29, 1.82) is 0 Å². The fourth-order valence-electron chi connectivity index (χ4n) is 5.17. The zero-order chi connectivity index (χ0) is 33.0. The number of fused-ring (bicyclic) bond motifs is 3. The molecule has 6 N–H and O–H groups in total. The molecule has 0 saturated carbocycles. The molecular formula is C33H33ClN8O3S. The number of hydrogen-bond acceptors (Lipinski definition) is 8. The standard InChI is InChI=1S/C33H33ClN8O3S/c1-18-19(2)46-33-29(18)30(21-8-10-23(34)11-9-21)39-26(32-41-40-20(3)42(32)33)17-28(44)37-15-5-7-27(43)38-24-12-13-25(31(36)45)22(16-24)6-4-14-35/h8-13,16,26H,5,7,14-15,17,35H2,1-3H3,(H2,36,45)(H,37,44)(H,38,43)/t26-/m0/s1. The van der Waals surface area contributed by atoms with E-state index < -0.39 is 11.9 Å². The number of benzene rings is 2. The van der Waals surface area contributed by atoms with Crippen LogP contribution in [0.25, 0.3) is 5.00 Å². The van der Waals surface area contributed by atoms with Crippen molar-refractivity contribution in [3.63, 3.8) is 0 Å². The zero-order valence-corrected chi connectivity index (χ0v) is 27.2. The fraction of sp³-hybridized carbons (Fsp3) is 0.273. The van der Waals surface area contributed by atoms with Crippen LogP contribution >= 0.6 is 22.9 Å². The highest BCUT2D eigenvalue weighted by atomic mass is 35.5. The quantitative estimate of drug-likeness (QED) is 0.156. The molecule has 3 amide bonds. The van der Waals surface area contributed by atoms with Crippen LogP contribution in [-0.2, 0) is 9.59 Å². The van der Waals surface area contributed by atoms with Crippen molar-refractivity contribution in [2.24, 2.45) is 16.5 Å². The summed E-state index contributed by atoms with van der Waals surface area (Å²) in [6.07, 6.45) is 0.620. The Labute approximate surface area is 275 Å². The third-order valence-electron chi connectivity index (χ3n) is 7.53. The highest BCUT2D eigenvalue weighted by Crippen LogP contribution is 2.39. The molecule has 13 heteroatoms. The number of anilines is 1. The van der Waals surface area contributed by atoms with Gasteiger partial charge in [-0.05, 0) is 63.1 Å². The number of thiophene rings is 1. The normalized spacial score (nSPS) is 13.4. The van der Waals surface area contributed by atoms with Crippen molar-refractivity contribution >= 4 is 52.1 Å². The number of rotatable bonds is 9. The van der Waals surface area contributed by atoms with Crippen molar-refractivity contribution in [3.8, 4) is 16.8 Å².